The van der Waals surface area contributed by atoms with E-state index in [1.54, 1.807) is 10.9 Å². The van der Waals surface area contributed by atoms with Crippen LogP contribution in [0.2, 0.25) is 0 Å². The van der Waals surface area contributed by atoms with Crippen LogP contribution < -0.4 is 5.73 Å². The first-order valence-corrected chi connectivity index (χ1v) is 13.1. The molecule has 0 spiro atoms. The van der Waals surface area contributed by atoms with E-state index in [2.05, 4.69) is 18.9 Å². The van der Waals surface area contributed by atoms with Gasteiger partial charge in [0.05, 0.1) is 18.3 Å². The molecule has 0 aromatic carbocycles. The average Bonchev–Trinajstić information content (AvgIpc) is 3.38. The summed E-state index contributed by atoms with van der Waals surface area (Å²) in [6.07, 6.45) is 14.4. The SMILES string of the molecule is COCC1CCC2(C)C(CCC3C2CCC2(C)C(C(=O)Cn4cc(C(N)=O)cn4)CCC32)C1. The molecule has 182 valence electrons. The van der Waals surface area contributed by atoms with E-state index in [4.69, 9.17) is 10.5 Å². The number of Topliss-reactive ketones (excluding diaryl/α,β-unsaturated/α-hetero) is 1. The zero-order valence-corrected chi connectivity index (χ0v) is 20.6. The standard InChI is InChI=1S/C27H41N3O3/c1-26-10-8-17(16-33-3)12-19(26)4-5-20-21-6-7-23(27(21,2)11-9-22(20)26)24(31)15-30-14-18(13-29-30)25(28)32/h13-14,17,19-23H,4-12,15-16H2,1-3H3,(H2,28,32). The number of nitrogens with zero attached hydrogens (tertiary/aromatic N) is 2. The second kappa shape index (κ2) is 8.51. The Hall–Kier alpha value is -1.69. The van der Waals surface area contributed by atoms with Crippen LogP contribution in [0.3, 0.4) is 0 Å². The lowest BCUT2D eigenvalue weighted by Crippen LogP contribution is -2.54. The van der Waals surface area contributed by atoms with Gasteiger partial charge in [-0.25, -0.2) is 0 Å². The molecule has 5 rings (SSSR count). The predicted octanol–water partition coefficient (Wildman–Crippen LogP) is 4.47. The molecule has 4 aliphatic rings. The lowest BCUT2D eigenvalue weighted by atomic mass is 9.44. The molecule has 2 N–H and O–H groups in total. The Morgan fingerprint density at radius 1 is 1.09 bits per heavy atom. The van der Waals surface area contributed by atoms with Gasteiger partial charge < -0.3 is 10.5 Å². The fourth-order valence-corrected chi connectivity index (χ4v) is 9.11. The number of fused-ring (bicyclic) bond motifs is 5. The molecule has 4 fully saturated rings. The highest BCUT2D eigenvalue weighted by Gasteiger charge is 2.61. The monoisotopic (exact) mass is 455 g/mol. The van der Waals surface area contributed by atoms with E-state index in [1.165, 1.54) is 57.6 Å². The molecule has 1 heterocycles. The summed E-state index contributed by atoms with van der Waals surface area (Å²) < 4.78 is 7.09. The minimum absolute atomic E-state index is 0.104. The highest BCUT2D eigenvalue weighted by molar-refractivity contribution is 5.92. The van der Waals surface area contributed by atoms with Gasteiger partial charge in [-0.05, 0) is 98.2 Å². The highest BCUT2D eigenvalue weighted by atomic mass is 16.5. The Morgan fingerprint density at radius 2 is 1.85 bits per heavy atom. The summed E-state index contributed by atoms with van der Waals surface area (Å²) in [7, 11) is 1.84. The van der Waals surface area contributed by atoms with E-state index in [-0.39, 0.29) is 23.7 Å². The molecule has 1 amide bonds. The Kier molecular flexibility index (Phi) is 5.95. The third kappa shape index (κ3) is 3.77. The van der Waals surface area contributed by atoms with E-state index in [0.29, 0.717) is 16.9 Å². The van der Waals surface area contributed by atoms with E-state index in [0.717, 1.165) is 36.7 Å². The summed E-state index contributed by atoms with van der Waals surface area (Å²) in [6, 6.07) is 0. The lowest BCUT2D eigenvalue weighted by molar-refractivity contribution is -0.138. The first kappa shape index (κ1) is 23.1. The number of ketones is 1. The normalized spacial score (nSPS) is 42.3. The quantitative estimate of drug-likeness (QED) is 0.685. The van der Waals surface area contributed by atoms with Gasteiger partial charge in [0.1, 0.15) is 0 Å². The van der Waals surface area contributed by atoms with Crippen LogP contribution in [0.5, 0.6) is 0 Å². The number of hydrogen-bond donors (Lipinski definition) is 1. The maximum atomic E-state index is 13.4. The third-order valence-corrected chi connectivity index (χ3v) is 10.8. The lowest BCUT2D eigenvalue weighted by Gasteiger charge is -2.61. The Morgan fingerprint density at radius 3 is 2.58 bits per heavy atom. The van der Waals surface area contributed by atoms with Crippen LogP contribution in [-0.2, 0) is 16.1 Å². The van der Waals surface area contributed by atoms with Crippen LogP contribution >= 0.6 is 0 Å². The molecule has 33 heavy (non-hydrogen) atoms. The first-order chi connectivity index (χ1) is 15.8. The predicted molar refractivity (Wildman–Crippen MR) is 126 cm³/mol. The van der Waals surface area contributed by atoms with Crippen molar-refractivity contribution in [1.29, 1.82) is 0 Å². The van der Waals surface area contributed by atoms with Crippen molar-refractivity contribution in [3.8, 4) is 0 Å². The van der Waals surface area contributed by atoms with Crippen molar-refractivity contribution in [2.24, 2.45) is 52.1 Å². The average molecular weight is 456 g/mol. The molecule has 6 heteroatoms. The summed E-state index contributed by atoms with van der Waals surface area (Å²) in [5.74, 6) is 3.72. The van der Waals surface area contributed by atoms with Crippen molar-refractivity contribution in [2.45, 2.75) is 78.2 Å². The Balaban J connectivity index is 1.30. The molecule has 1 aromatic heterocycles. The number of nitrogens with two attached hydrogens (primary N) is 1. The molecule has 4 aliphatic carbocycles. The van der Waals surface area contributed by atoms with E-state index in [1.807, 2.05) is 7.11 Å². The van der Waals surface area contributed by atoms with Crippen molar-refractivity contribution < 1.29 is 14.3 Å². The molecule has 4 saturated carbocycles. The van der Waals surface area contributed by atoms with Gasteiger partial charge in [0.15, 0.2) is 5.78 Å². The highest BCUT2D eigenvalue weighted by Crippen LogP contribution is 2.67. The van der Waals surface area contributed by atoms with Crippen LogP contribution in [0.1, 0.15) is 82.0 Å². The van der Waals surface area contributed by atoms with Crippen molar-refractivity contribution in [1.82, 2.24) is 9.78 Å². The molecule has 0 bridgehead atoms. The second-order valence-electron chi connectivity index (χ2n) is 12.2. The molecular weight excluding hydrogens is 414 g/mol. The van der Waals surface area contributed by atoms with Gasteiger partial charge in [-0.3, -0.25) is 14.3 Å². The summed E-state index contributed by atoms with van der Waals surface area (Å²) in [5.41, 5.74) is 6.29. The van der Waals surface area contributed by atoms with Gasteiger partial charge in [0, 0.05) is 25.8 Å². The number of aromatic nitrogens is 2. The number of methoxy groups -OCH3 is 1. The maximum Gasteiger partial charge on any atom is 0.251 e. The number of rotatable bonds is 6. The van der Waals surface area contributed by atoms with Crippen LogP contribution in [0, 0.1) is 46.3 Å². The molecule has 8 atom stereocenters. The van der Waals surface area contributed by atoms with E-state index >= 15 is 0 Å². The minimum atomic E-state index is -0.500. The van der Waals surface area contributed by atoms with Crippen LogP contribution in [-0.4, -0.2) is 35.2 Å². The molecule has 8 unspecified atom stereocenters. The van der Waals surface area contributed by atoms with Crippen molar-refractivity contribution in [3.05, 3.63) is 18.0 Å². The van der Waals surface area contributed by atoms with Crippen LogP contribution in [0.15, 0.2) is 12.4 Å². The summed E-state index contributed by atoms with van der Waals surface area (Å²) in [4.78, 5) is 24.8. The number of hydrogen-bond acceptors (Lipinski definition) is 4. The summed E-state index contributed by atoms with van der Waals surface area (Å²) in [6.45, 7) is 6.18. The number of carbonyl (C=O) groups is 2. The van der Waals surface area contributed by atoms with Gasteiger partial charge >= 0.3 is 0 Å². The molecule has 0 radical (unpaired) electrons. The second-order valence-corrected chi connectivity index (χ2v) is 12.2. The Bertz CT molecular complexity index is 912. The molecule has 1 aromatic rings. The zero-order chi connectivity index (χ0) is 23.4. The number of amides is 1. The number of carbonyl (C=O) groups excluding carboxylic acids is 2. The Labute approximate surface area is 198 Å². The summed E-state index contributed by atoms with van der Waals surface area (Å²) in [5, 5.41) is 4.20. The van der Waals surface area contributed by atoms with Gasteiger partial charge in [0.2, 0.25) is 0 Å². The molecule has 0 aliphatic heterocycles. The zero-order valence-electron chi connectivity index (χ0n) is 20.6. The van der Waals surface area contributed by atoms with Crippen molar-refractivity contribution in [3.63, 3.8) is 0 Å². The fraction of sp³-hybridized carbons (Fsp3) is 0.815. The fourth-order valence-electron chi connectivity index (χ4n) is 9.11. The maximum absolute atomic E-state index is 13.4. The topological polar surface area (TPSA) is 87.2 Å². The molecule has 0 saturated heterocycles. The van der Waals surface area contributed by atoms with Gasteiger partial charge in [-0.2, -0.15) is 5.10 Å². The molecule has 6 nitrogen and oxygen atoms in total. The first-order valence-electron chi connectivity index (χ1n) is 13.1. The van der Waals surface area contributed by atoms with Crippen molar-refractivity contribution in [2.75, 3.05) is 13.7 Å². The minimum Gasteiger partial charge on any atom is -0.384 e. The smallest absolute Gasteiger partial charge is 0.251 e. The number of primary amides is 1. The van der Waals surface area contributed by atoms with Crippen LogP contribution in [0.4, 0.5) is 0 Å². The van der Waals surface area contributed by atoms with Crippen molar-refractivity contribution >= 4 is 11.7 Å². The number of ether oxygens (including phenoxy) is 1. The van der Waals surface area contributed by atoms with Gasteiger partial charge in [0.25, 0.3) is 5.91 Å². The molecular formula is C27H41N3O3. The summed E-state index contributed by atoms with van der Waals surface area (Å²) >= 11 is 0. The van der Waals surface area contributed by atoms with Gasteiger partial charge in [-0.1, -0.05) is 13.8 Å². The van der Waals surface area contributed by atoms with E-state index < -0.39 is 5.91 Å². The van der Waals surface area contributed by atoms with Crippen LogP contribution in [0.25, 0.3) is 0 Å². The third-order valence-electron chi connectivity index (χ3n) is 10.8. The largest absolute Gasteiger partial charge is 0.384 e. The van der Waals surface area contributed by atoms with Gasteiger partial charge in [-0.15, -0.1) is 0 Å². The van der Waals surface area contributed by atoms with E-state index in [9.17, 15) is 9.59 Å².